The van der Waals surface area contributed by atoms with Crippen LogP contribution in [0.4, 0.5) is 5.69 Å². The van der Waals surface area contributed by atoms with Gasteiger partial charge in [-0.2, -0.15) is 10.2 Å². The second kappa shape index (κ2) is 7.03. The van der Waals surface area contributed by atoms with Crippen LogP contribution in [0.5, 0.6) is 0 Å². The summed E-state index contributed by atoms with van der Waals surface area (Å²) in [5.74, 6) is -0.128. The van der Waals surface area contributed by atoms with Gasteiger partial charge in [0.05, 0.1) is 21.9 Å². The standard InChI is InChI=1S/C22H17N5OS/c1-15-19-14-20(29-22(19)27(25-15)18-6-3-2-4-7-18)21(28)24-16-8-10-17(11-9-16)26-13-5-12-23-26/h2-14H,1H3,(H,24,28). The smallest absolute Gasteiger partial charge is 0.265 e. The Morgan fingerprint density at radius 2 is 1.79 bits per heavy atom. The van der Waals surface area contributed by atoms with Gasteiger partial charge in [-0.25, -0.2) is 9.36 Å². The normalized spacial score (nSPS) is 11.1. The first-order valence-electron chi connectivity index (χ1n) is 9.15. The van der Waals surface area contributed by atoms with E-state index in [1.807, 2.05) is 84.5 Å². The third-order valence-corrected chi connectivity index (χ3v) is 5.77. The minimum absolute atomic E-state index is 0.128. The van der Waals surface area contributed by atoms with Crippen molar-refractivity contribution >= 4 is 33.1 Å². The van der Waals surface area contributed by atoms with Gasteiger partial charge in [-0.1, -0.05) is 18.2 Å². The maximum Gasteiger partial charge on any atom is 0.265 e. The number of aryl methyl sites for hydroxylation is 1. The molecule has 2 aromatic carbocycles. The number of hydrogen-bond acceptors (Lipinski definition) is 4. The zero-order valence-corrected chi connectivity index (χ0v) is 16.4. The summed E-state index contributed by atoms with van der Waals surface area (Å²) in [4.78, 5) is 14.4. The molecule has 0 fully saturated rings. The number of para-hydroxylation sites is 1. The summed E-state index contributed by atoms with van der Waals surface area (Å²) in [5, 5.41) is 12.8. The van der Waals surface area contributed by atoms with Crippen LogP contribution in [0.25, 0.3) is 21.6 Å². The Balaban J connectivity index is 1.41. The van der Waals surface area contributed by atoms with Crippen LogP contribution in [-0.2, 0) is 0 Å². The van der Waals surface area contributed by atoms with Crippen LogP contribution in [0, 0.1) is 6.92 Å². The molecule has 1 amide bonds. The van der Waals surface area contributed by atoms with Crippen molar-refractivity contribution in [1.82, 2.24) is 19.6 Å². The molecule has 5 rings (SSSR count). The fraction of sp³-hybridized carbons (Fsp3) is 0.0455. The summed E-state index contributed by atoms with van der Waals surface area (Å²) >= 11 is 1.44. The largest absolute Gasteiger partial charge is 0.321 e. The zero-order chi connectivity index (χ0) is 19.8. The molecule has 7 heteroatoms. The molecule has 6 nitrogen and oxygen atoms in total. The van der Waals surface area contributed by atoms with Gasteiger partial charge in [0, 0.05) is 23.5 Å². The predicted octanol–water partition coefficient (Wildman–Crippen LogP) is 4.83. The molecule has 0 aliphatic carbocycles. The Morgan fingerprint density at radius 3 is 2.52 bits per heavy atom. The van der Waals surface area contributed by atoms with E-state index >= 15 is 0 Å². The Bertz CT molecular complexity index is 1280. The van der Waals surface area contributed by atoms with Crippen molar-refractivity contribution in [2.24, 2.45) is 0 Å². The molecule has 1 N–H and O–H groups in total. The van der Waals surface area contributed by atoms with Crippen molar-refractivity contribution in [2.75, 3.05) is 5.32 Å². The van der Waals surface area contributed by atoms with Crippen molar-refractivity contribution in [3.8, 4) is 11.4 Å². The number of fused-ring (bicyclic) bond motifs is 1. The number of rotatable bonds is 4. The van der Waals surface area contributed by atoms with Gasteiger partial charge in [0.25, 0.3) is 5.91 Å². The van der Waals surface area contributed by atoms with Gasteiger partial charge in [0.2, 0.25) is 0 Å². The number of carbonyl (C=O) groups is 1. The van der Waals surface area contributed by atoms with Crippen LogP contribution in [0.15, 0.2) is 79.1 Å². The average Bonchev–Trinajstić information content (AvgIpc) is 3.48. The minimum atomic E-state index is -0.128. The van der Waals surface area contributed by atoms with Gasteiger partial charge in [0.1, 0.15) is 4.83 Å². The van der Waals surface area contributed by atoms with Crippen LogP contribution in [0.3, 0.4) is 0 Å². The highest BCUT2D eigenvalue weighted by Crippen LogP contribution is 2.31. The molecule has 29 heavy (non-hydrogen) atoms. The monoisotopic (exact) mass is 399 g/mol. The van der Waals surface area contributed by atoms with Crippen molar-refractivity contribution in [1.29, 1.82) is 0 Å². The summed E-state index contributed by atoms with van der Waals surface area (Å²) in [5.41, 5.74) is 3.56. The lowest BCUT2D eigenvalue weighted by atomic mass is 10.2. The highest BCUT2D eigenvalue weighted by molar-refractivity contribution is 7.20. The lowest BCUT2D eigenvalue weighted by molar-refractivity contribution is 0.103. The number of hydrogen-bond donors (Lipinski definition) is 1. The SMILES string of the molecule is Cc1nn(-c2ccccc2)c2sc(C(=O)Nc3ccc(-n4cccn4)cc3)cc12. The molecule has 0 aliphatic heterocycles. The topological polar surface area (TPSA) is 64.7 Å². The van der Waals surface area contributed by atoms with E-state index < -0.39 is 0 Å². The van der Waals surface area contributed by atoms with Gasteiger partial charge in [-0.3, -0.25) is 4.79 Å². The second-order valence-electron chi connectivity index (χ2n) is 6.61. The summed E-state index contributed by atoms with van der Waals surface area (Å²) in [6.07, 6.45) is 3.61. The van der Waals surface area contributed by atoms with Gasteiger partial charge in [-0.15, -0.1) is 11.3 Å². The third-order valence-electron chi connectivity index (χ3n) is 4.66. The van der Waals surface area contributed by atoms with E-state index in [1.54, 1.807) is 10.9 Å². The van der Waals surface area contributed by atoms with E-state index in [9.17, 15) is 4.79 Å². The Labute approximate surface area is 171 Å². The molecule has 0 aliphatic rings. The Hall–Kier alpha value is -3.71. The average molecular weight is 399 g/mol. The molecule has 0 saturated carbocycles. The molecule has 3 heterocycles. The van der Waals surface area contributed by atoms with Gasteiger partial charge in [-0.05, 0) is 55.5 Å². The van der Waals surface area contributed by atoms with Crippen LogP contribution < -0.4 is 5.32 Å². The van der Waals surface area contributed by atoms with Crippen LogP contribution in [-0.4, -0.2) is 25.5 Å². The number of thiophene rings is 1. The first-order valence-corrected chi connectivity index (χ1v) is 9.97. The predicted molar refractivity (Wildman–Crippen MR) is 115 cm³/mol. The molecule has 5 aromatic rings. The van der Waals surface area contributed by atoms with Gasteiger partial charge < -0.3 is 5.32 Å². The first-order chi connectivity index (χ1) is 14.2. The van der Waals surface area contributed by atoms with Crippen molar-refractivity contribution in [3.05, 3.63) is 89.7 Å². The Morgan fingerprint density at radius 1 is 1.00 bits per heavy atom. The molecule has 0 atom stereocenters. The quantitative estimate of drug-likeness (QED) is 0.471. The van der Waals surface area contributed by atoms with Crippen molar-refractivity contribution in [2.45, 2.75) is 6.92 Å². The second-order valence-corrected chi connectivity index (χ2v) is 7.64. The lowest BCUT2D eigenvalue weighted by Crippen LogP contribution is -2.10. The zero-order valence-electron chi connectivity index (χ0n) is 15.6. The lowest BCUT2D eigenvalue weighted by Gasteiger charge is -2.06. The molecule has 0 bridgehead atoms. The van der Waals surface area contributed by atoms with E-state index in [4.69, 9.17) is 0 Å². The molecule has 0 saturated heterocycles. The highest BCUT2D eigenvalue weighted by Gasteiger charge is 2.17. The molecule has 142 valence electrons. The number of carbonyl (C=O) groups excluding carboxylic acids is 1. The number of nitrogens with zero attached hydrogens (tertiary/aromatic N) is 4. The van der Waals surface area contributed by atoms with Crippen LogP contribution >= 0.6 is 11.3 Å². The number of aromatic nitrogens is 4. The summed E-state index contributed by atoms with van der Waals surface area (Å²) in [6.45, 7) is 1.96. The van der Waals surface area contributed by atoms with E-state index in [0.29, 0.717) is 4.88 Å². The maximum absolute atomic E-state index is 12.8. The summed E-state index contributed by atoms with van der Waals surface area (Å²) < 4.78 is 3.67. The summed E-state index contributed by atoms with van der Waals surface area (Å²) in [6, 6.07) is 21.3. The number of anilines is 1. The number of benzene rings is 2. The van der Waals surface area contributed by atoms with E-state index in [0.717, 1.165) is 33.0 Å². The first kappa shape index (κ1) is 17.4. The van der Waals surface area contributed by atoms with Crippen LogP contribution in [0.2, 0.25) is 0 Å². The molecule has 0 unspecified atom stereocenters. The number of nitrogens with one attached hydrogen (secondary N) is 1. The van der Waals surface area contributed by atoms with Gasteiger partial charge >= 0.3 is 0 Å². The molecular weight excluding hydrogens is 382 g/mol. The molecular formula is C22H17N5OS. The Kier molecular flexibility index (Phi) is 4.22. The summed E-state index contributed by atoms with van der Waals surface area (Å²) in [7, 11) is 0. The minimum Gasteiger partial charge on any atom is -0.321 e. The van der Waals surface area contributed by atoms with Crippen LogP contribution in [0.1, 0.15) is 15.4 Å². The van der Waals surface area contributed by atoms with Gasteiger partial charge in [0.15, 0.2) is 0 Å². The third kappa shape index (κ3) is 3.21. The molecule has 3 aromatic heterocycles. The molecule has 0 spiro atoms. The maximum atomic E-state index is 12.8. The van der Waals surface area contributed by atoms with E-state index in [1.165, 1.54) is 11.3 Å². The molecule has 0 radical (unpaired) electrons. The highest BCUT2D eigenvalue weighted by atomic mass is 32.1. The van der Waals surface area contributed by atoms with E-state index in [2.05, 4.69) is 15.5 Å². The van der Waals surface area contributed by atoms with Crippen molar-refractivity contribution < 1.29 is 4.79 Å². The van der Waals surface area contributed by atoms with Crippen molar-refractivity contribution in [3.63, 3.8) is 0 Å². The van der Waals surface area contributed by atoms with E-state index in [-0.39, 0.29) is 5.91 Å². The fourth-order valence-electron chi connectivity index (χ4n) is 3.22. The fourth-order valence-corrected chi connectivity index (χ4v) is 4.29. The number of amides is 1.